The molecule has 4 aromatic rings. The van der Waals surface area contributed by atoms with Crippen LogP contribution in [-0.4, -0.2) is 116 Å². The van der Waals surface area contributed by atoms with Gasteiger partial charge in [-0.3, -0.25) is 19.3 Å². The van der Waals surface area contributed by atoms with Gasteiger partial charge in [0.05, 0.1) is 56.8 Å². The number of carbonyl (C=O) groups excluding carboxylic acids is 3. The van der Waals surface area contributed by atoms with Crippen molar-refractivity contribution in [2.24, 2.45) is 11.7 Å². The number of halogens is 2. The summed E-state index contributed by atoms with van der Waals surface area (Å²) in [5.74, 6) is -1.78. The van der Waals surface area contributed by atoms with E-state index in [1.165, 1.54) is 0 Å². The Balaban J connectivity index is 1.36. The van der Waals surface area contributed by atoms with Gasteiger partial charge >= 0.3 is 6.09 Å². The SMILES string of the molecule is CC[C@H](C)[C@H](NC(=O)[C@@]1(NC(=O)C(Cc2ccc(OCCOCCOCCOCCOC)cc2)N(Cc2ccccc2)C(=O)O)CCc2[nH]c3c(Cl)cc(Cl)cc3c2C1)C(N)=O. The monoisotopic (exact) mass is 897 g/mol. The summed E-state index contributed by atoms with van der Waals surface area (Å²) in [5.41, 5.74) is 7.65. The van der Waals surface area contributed by atoms with E-state index in [-0.39, 0.29) is 38.3 Å². The number of nitrogens with one attached hydrogen (secondary N) is 3. The third-order valence-corrected chi connectivity index (χ3v) is 11.6. The number of fused-ring (bicyclic) bond motifs is 3. The van der Waals surface area contributed by atoms with Crippen LogP contribution in [0.5, 0.6) is 5.75 Å². The fraction of sp³-hybridized carbons (Fsp3) is 0.467. The summed E-state index contributed by atoms with van der Waals surface area (Å²) in [6, 6.07) is 17.0. The van der Waals surface area contributed by atoms with Crippen LogP contribution in [-0.2, 0) is 59.1 Å². The quantitative estimate of drug-likeness (QED) is 0.0514. The first-order valence-electron chi connectivity index (χ1n) is 20.7. The summed E-state index contributed by atoms with van der Waals surface area (Å²) in [6.45, 7) is 6.98. The molecule has 4 atom stereocenters. The fourth-order valence-corrected chi connectivity index (χ4v) is 7.98. The predicted molar refractivity (Wildman–Crippen MR) is 236 cm³/mol. The van der Waals surface area contributed by atoms with Crippen LogP contribution < -0.4 is 21.1 Å². The molecule has 0 radical (unpaired) electrons. The second-order valence-corrected chi connectivity index (χ2v) is 16.2. The van der Waals surface area contributed by atoms with Gasteiger partial charge in [-0.05, 0) is 59.7 Å². The first-order chi connectivity index (χ1) is 29.8. The molecule has 1 aromatic heterocycles. The number of hydrogen-bond acceptors (Lipinski definition) is 9. The normalized spacial score (nSPS) is 16.2. The molecule has 0 aliphatic heterocycles. The third-order valence-electron chi connectivity index (χ3n) is 11.0. The van der Waals surface area contributed by atoms with Crippen LogP contribution >= 0.6 is 23.2 Å². The lowest BCUT2D eigenvalue weighted by atomic mass is 9.78. The van der Waals surface area contributed by atoms with E-state index in [1.807, 2.05) is 13.0 Å². The lowest BCUT2D eigenvalue weighted by Crippen LogP contribution is -2.67. The van der Waals surface area contributed by atoms with Gasteiger partial charge in [0.2, 0.25) is 17.7 Å². The van der Waals surface area contributed by atoms with Gasteiger partial charge in [-0.2, -0.15) is 0 Å². The van der Waals surface area contributed by atoms with Crippen LogP contribution in [0.3, 0.4) is 0 Å². The molecule has 4 amide bonds. The highest BCUT2D eigenvalue weighted by molar-refractivity contribution is 6.38. The van der Waals surface area contributed by atoms with Crippen LogP contribution in [0.2, 0.25) is 10.0 Å². The number of rotatable bonds is 25. The Kier molecular flexibility index (Phi) is 18.3. The van der Waals surface area contributed by atoms with Gasteiger partial charge in [0.1, 0.15) is 30.0 Å². The van der Waals surface area contributed by atoms with Crippen molar-refractivity contribution in [1.29, 1.82) is 0 Å². The zero-order valence-electron chi connectivity index (χ0n) is 35.4. The third kappa shape index (κ3) is 13.1. The molecule has 62 heavy (non-hydrogen) atoms. The molecule has 3 aromatic carbocycles. The number of benzene rings is 3. The maximum Gasteiger partial charge on any atom is 0.408 e. The van der Waals surface area contributed by atoms with Gasteiger partial charge in [0.25, 0.3) is 0 Å². The number of aromatic nitrogens is 1. The summed E-state index contributed by atoms with van der Waals surface area (Å²) < 4.78 is 27.2. The summed E-state index contributed by atoms with van der Waals surface area (Å²) in [7, 11) is 1.62. The number of aromatic amines is 1. The number of methoxy groups -OCH3 is 1. The maximum absolute atomic E-state index is 14.9. The van der Waals surface area contributed by atoms with E-state index < -0.39 is 41.4 Å². The molecule has 5 rings (SSSR count). The van der Waals surface area contributed by atoms with Crippen molar-refractivity contribution < 1.29 is 48.0 Å². The van der Waals surface area contributed by atoms with Crippen molar-refractivity contribution in [2.75, 3.05) is 60.0 Å². The van der Waals surface area contributed by atoms with Gasteiger partial charge in [-0.25, -0.2) is 4.79 Å². The number of ether oxygens (including phenoxy) is 5. The highest BCUT2D eigenvalue weighted by Gasteiger charge is 2.47. The summed E-state index contributed by atoms with van der Waals surface area (Å²) >= 11 is 13.0. The number of hydrogen-bond donors (Lipinski definition) is 5. The molecule has 17 heteroatoms. The van der Waals surface area contributed by atoms with Crippen molar-refractivity contribution in [3.05, 3.63) is 99.2 Å². The molecular formula is C45H57Cl2N5O10. The Morgan fingerprint density at radius 1 is 0.903 bits per heavy atom. The number of primary amides is 1. The molecule has 0 saturated carbocycles. The lowest BCUT2D eigenvalue weighted by Gasteiger charge is -2.40. The van der Waals surface area contributed by atoms with E-state index in [0.717, 1.165) is 16.2 Å². The Morgan fingerprint density at radius 3 is 2.16 bits per heavy atom. The molecular weight excluding hydrogens is 841 g/mol. The van der Waals surface area contributed by atoms with Crippen molar-refractivity contribution in [3.63, 3.8) is 0 Å². The zero-order chi connectivity index (χ0) is 44.6. The molecule has 1 unspecified atom stereocenters. The first-order valence-corrected chi connectivity index (χ1v) is 21.5. The Hall–Kier alpha value is -4.90. The Bertz CT molecular complexity index is 2100. The second-order valence-electron chi connectivity index (χ2n) is 15.3. The lowest BCUT2D eigenvalue weighted by molar-refractivity contribution is -0.138. The van der Waals surface area contributed by atoms with Crippen LogP contribution in [0.15, 0.2) is 66.7 Å². The maximum atomic E-state index is 14.9. The topological polar surface area (TPSA) is 204 Å². The molecule has 0 fully saturated rings. The number of nitrogens with two attached hydrogens (primary N) is 1. The summed E-state index contributed by atoms with van der Waals surface area (Å²) in [4.78, 5) is 59.8. The van der Waals surface area contributed by atoms with E-state index in [9.17, 15) is 24.3 Å². The average Bonchev–Trinajstić information content (AvgIpc) is 3.62. The number of nitrogens with zero attached hydrogens (tertiary/aromatic N) is 1. The van der Waals surface area contributed by atoms with E-state index >= 15 is 0 Å². The van der Waals surface area contributed by atoms with Gasteiger partial charge in [-0.15, -0.1) is 0 Å². The largest absolute Gasteiger partial charge is 0.491 e. The van der Waals surface area contributed by atoms with Crippen LogP contribution in [0.4, 0.5) is 4.79 Å². The average molecular weight is 899 g/mol. The number of H-pyrrole nitrogens is 1. The summed E-state index contributed by atoms with van der Waals surface area (Å²) in [6.07, 6.45) is -0.387. The van der Waals surface area contributed by atoms with Crippen LogP contribution in [0, 0.1) is 5.92 Å². The molecule has 1 aliphatic carbocycles. The standard InChI is InChI=1S/C45H57Cl2N5O10/c1-4-29(2)39(41(48)53)50-43(55)45(15-14-37-35(27-45)34-25-32(46)26-36(47)40(34)49-37)51-42(54)38(52(44(56)57)28-31-8-6-5-7-9-31)24-30-10-12-33(13-11-30)62-23-22-61-21-20-60-19-18-59-17-16-58-3/h5-13,25-26,29,38-39,49H,4,14-24,27-28H2,1-3H3,(H2,48,53)(H,50,55)(H,51,54)(H,56,57)/t29-,38?,39-,45+/m0/s1. The molecule has 0 saturated heterocycles. The number of carbonyl (C=O) groups is 4. The Morgan fingerprint density at radius 2 is 1.55 bits per heavy atom. The van der Waals surface area contributed by atoms with E-state index in [4.69, 9.17) is 52.6 Å². The summed E-state index contributed by atoms with van der Waals surface area (Å²) in [5, 5.41) is 18.0. The number of aryl methyl sites for hydroxylation is 1. The number of carboxylic acid groups (broad SMARTS) is 1. The first kappa shape index (κ1) is 48.1. The smallest absolute Gasteiger partial charge is 0.408 e. The van der Waals surface area contributed by atoms with Crippen molar-refractivity contribution in [1.82, 2.24) is 20.5 Å². The molecule has 15 nitrogen and oxygen atoms in total. The highest BCUT2D eigenvalue weighted by Crippen LogP contribution is 2.38. The molecule has 1 aliphatic rings. The van der Waals surface area contributed by atoms with Gasteiger partial charge in [0, 0.05) is 42.6 Å². The van der Waals surface area contributed by atoms with Crippen molar-refractivity contribution in [2.45, 2.75) is 70.1 Å². The molecule has 336 valence electrons. The minimum absolute atomic E-state index is 0.00586. The van der Waals surface area contributed by atoms with E-state index in [1.54, 1.807) is 74.7 Å². The van der Waals surface area contributed by atoms with Gasteiger partial charge in [0.15, 0.2) is 0 Å². The Labute approximate surface area is 371 Å². The molecule has 0 bridgehead atoms. The zero-order valence-corrected chi connectivity index (χ0v) is 36.9. The highest BCUT2D eigenvalue weighted by atomic mass is 35.5. The van der Waals surface area contributed by atoms with Gasteiger partial charge in [-0.1, -0.05) is 85.9 Å². The van der Waals surface area contributed by atoms with Crippen LogP contribution in [0.25, 0.3) is 10.9 Å². The molecule has 1 heterocycles. The fourth-order valence-electron chi connectivity index (χ4n) is 7.44. The van der Waals surface area contributed by atoms with E-state index in [0.29, 0.717) is 96.9 Å². The van der Waals surface area contributed by atoms with Crippen molar-refractivity contribution in [3.8, 4) is 5.75 Å². The minimum atomic E-state index is -1.63. The van der Waals surface area contributed by atoms with Crippen LogP contribution in [0.1, 0.15) is 49.1 Å². The molecule has 0 spiro atoms. The predicted octanol–water partition coefficient (Wildman–Crippen LogP) is 5.70. The minimum Gasteiger partial charge on any atom is -0.491 e. The van der Waals surface area contributed by atoms with Crippen molar-refractivity contribution >= 4 is 57.9 Å². The van der Waals surface area contributed by atoms with Gasteiger partial charge < -0.3 is 50.1 Å². The van der Waals surface area contributed by atoms with E-state index in [2.05, 4.69) is 15.6 Å². The second kappa shape index (κ2) is 23.5. The molecule has 6 N–H and O–H groups in total. The number of amides is 4.